The van der Waals surface area contributed by atoms with Gasteiger partial charge in [0.05, 0.1) is 5.41 Å². The van der Waals surface area contributed by atoms with Crippen LogP contribution in [0.15, 0.2) is 0 Å². The van der Waals surface area contributed by atoms with Gasteiger partial charge in [0.15, 0.2) is 0 Å². The first-order valence-corrected chi connectivity index (χ1v) is 8.11. The van der Waals surface area contributed by atoms with E-state index < -0.39 is 0 Å². The average molecular weight is 266 g/mol. The second-order valence-corrected chi connectivity index (χ2v) is 6.69. The Bertz CT molecular complexity index is 307. The van der Waals surface area contributed by atoms with Crippen molar-refractivity contribution < 1.29 is 4.79 Å². The van der Waals surface area contributed by atoms with E-state index >= 15 is 0 Å². The summed E-state index contributed by atoms with van der Waals surface area (Å²) in [6, 6.07) is 0. The fourth-order valence-corrected chi connectivity index (χ4v) is 4.03. The number of rotatable bonds is 4. The summed E-state index contributed by atoms with van der Waals surface area (Å²) in [5.74, 6) is 0.355. The topological polar surface area (TPSA) is 46.3 Å². The Morgan fingerprint density at radius 3 is 2.00 bits per heavy atom. The van der Waals surface area contributed by atoms with Gasteiger partial charge >= 0.3 is 0 Å². The van der Waals surface area contributed by atoms with Crippen LogP contribution in [-0.4, -0.2) is 30.4 Å². The van der Waals surface area contributed by atoms with Crippen LogP contribution in [-0.2, 0) is 4.79 Å². The van der Waals surface area contributed by atoms with E-state index in [9.17, 15) is 4.79 Å². The largest absolute Gasteiger partial charge is 0.342 e. The number of amides is 1. The summed E-state index contributed by atoms with van der Waals surface area (Å²) in [5.41, 5.74) is 6.21. The molecular formula is C16H30N2O. The van der Waals surface area contributed by atoms with Crippen molar-refractivity contribution in [2.75, 3.05) is 19.6 Å². The Hall–Kier alpha value is -0.570. The Morgan fingerprint density at radius 1 is 1.05 bits per heavy atom. The highest BCUT2D eigenvalue weighted by molar-refractivity contribution is 5.83. The first-order valence-electron chi connectivity index (χ1n) is 8.11. The molecule has 1 aliphatic heterocycles. The van der Waals surface area contributed by atoms with Crippen LogP contribution in [0.25, 0.3) is 0 Å². The minimum absolute atomic E-state index is 0.210. The molecule has 1 aliphatic carbocycles. The Morgan fingerprint density at radius 2 is 1.58 bits per heavy atom. The molecule has 1 amide bonds. The normalized spacial score (nSPS) is 25.5. The van der Waals surface area contributed by atoms with Gasteiger partial charge in [-0.2, -0.15) is 0 Å². The standard InChI is InChI=1S/C16H30N2O/c1-3-15(4-2)9-11-18(12-10-15)14(19)16(13-17)7-5-6-8-16/h3-13,17H2,1-2H3. The van der Waals surface area contributed by atoms with E-state index in [-0.39, 0.29) is 5.41 Å². The minimum Gasteiger partial charge on any atom is -0.342 e. The minimum atomic E-state index is -0.210. The summed E-state index contributed by atoms with van der Waals surface area (Å²) in [5, 5.41) is 0. The van der Waals surface area contributed by atoms with Gasteiger partial charge in [0.2, 0.25) is 5.91 Å². The van der Waals surface area contributed by atoms with Crippen LogP contribution >= 0.6 is 0 Å². The third kappa shape index (κ3) is 2.67. The van der Waals surface area contributed by atoms with Crippen molar-refractivity contribution in [3.05, 3.63) is 0 Å². The van der Waals surface area contributed by atoms with Crippen LogP contribution in [0.5, 0.6) is 0 Å². The molecule has 0 bridgehead atoms. The van der Waals surface area contributed by atoms with Crippen LogP contribution in [0.3, 0.4) is 0 Å². The molecule has 0 aromatic heterocycles. The van der Waals surface area contributed by atoms with Gasteiger partial charge in [-0.1, -0.05) is 39.5 Å². The lowest BCUT2D eigenvalue weighted by atomic mass is 9.73. The molecule has 2 N–H and O–H groups in total. The highest BCUT2D eigenvalue weighted by Crippen LogP contribution is 2.42. The second kappa shape index (κ2) is 5.82. The molecule has 0 aromatic carbocycles. The van der Waals surface area contributed by atoms with Gasteiger partial charge in [0, 0.05) is 19.6 Å². The van der Waals surface area contributed by atoms with Crippen molar-refractivity contribution in [2.45, 2.75) is 65.2 Å². The van der Waals surface area contributed by atoms with E-state index in [0.29, 0.717) is 17.9 Å². The molecule has 3 heteroatoms. The van der Waals surface area contributed by atoms with Crippen LogP contribution in [0.1, 0.15) is 65.2 Å². The summed E-state index contributed by atoms with van der Waals surface area (Å²) in [7, 11) is 0. The molecular weight excluding hydrogens is 236 g/mol. The van der Waals surface area contributed by atoms with Crippen LogP contribution in [0.2, 0.25) is 0 Å². The fraction of sp³-hybridized carbons (Fsp3) is 0.938. The molecule has 2 fully saturated rings. The third-order valence-corrected chi connectivity index (χ3v) is 6.02. The maximum atomic E-state index is 12.8. The van der Waals surface area contributed by atoms with Crippen molar-refractivity contribution in [1.29, 1.82) is 0 Å². The first-order chi connectivity index (χ1) is 9.11. The molecule has 1 saturated carbocycles. The summed E-state index contributed by atoms with van der Waals surface area (Å²) < 4.78 is 0. The molecule has 0 atom stereocenters. The predicted octanol–water partition coefficient (Wildman–Crippen LogP) is 2.93. The Kier molecular flexibility index (Phi) is 4.54. The zero-order valence-corrected chi connectivity index (χ0v) is 12.7. The van der Waals surface area contributed by atoms with Gasteiger partial charge in [0.25, 0.3) is 0 Å². The molecule has 2 aliphatic rings. The molecule has 3 nitrogen and oxygen atoms in total. The number of nitrogens with zero attached hydrogens (tertiary/aromatic N) is 1. The lowest BCUT2D eigenvalue weighted by Crippen LogP contribution is -2.51. The van der Waals surface area contributed by atoms with Crippen molar-refractivity contribution >= 4 is 5.91 Å². The van der Waals surface area contributed by atoms with Gasteiger partial charge in [-0.25, -0.2) is 0 Å². The van der Waals surface area contributed by atoms with Crippen LogP contribution in [0, 0.1) is 10.8 Å². The van der Waals surface area contributed by atoms with Crippen LogP contribution in [0.4, 0.5) is 0 Å². The molecule has 0 radical (unpaired) electrons. The van der Waals surface area contributed by atoms with E-state index in [1.165, 1.54) is 38.5 Å². The lowest BCUT2D eigenvalue weighted by molar-refractivity contribution is -0.144. The molecule has 19 heavy (non-hydrogen) atoms. The zero-order valence-electron chi connectivity index (χ0n) is 12.7. The van der Waals surface area contributed by atoms with Crippen molar-refractivity contribution in [3.8, 4) is 0 Å². The molecule has 110 valence electrons. The summed E-state index contributed by atoms with van der Waals surface area (Å²) in [6.45, 7) is 7.01. The van der Waals surface area contributed by atoms with E-state index in [2.05, 4.69) is 18.7 Å². The zero-order chi connectivity index (χ0) is 13.9. The van der Waals surface area contributed by atoms with Gasteiger partial charge in [-0.15, -0.1) is 0 Å². The predicted molar refractivity (Wildman–Crippen MR) is 78.8 cm³/mol. The van der Waals surface area contributed by atoms with Gasteiger partial charge in [-0.3, -0.25) is 4.79 Å². The Labute approximate surface area is 117 Å². The third-order valence-electron chi connectivity index (χ3n) is 6.02. The summed E-state index contributed by atoms with van der Waals surface area (Å²) in [6.07, 6.45) is 9.19. The maximum Gasteiger partial charge on any atom is 0.230 e. The fourth-order valence-electron chi connectivity index (χ4n) is 4.03. The summed E-state index contributed by atoms with van der Waals surface area (Å²) in [4.78, 5) is 14.9. The number of nitrogens with two attached hydrogens (primary N) is 1. The number of hydrogen-bond acceptors (Lipinski definition) is 2. The highest BCUT2D eigenvalue weighted by atomic mass is 16.2. The monoisotopic (exact) mass is 266 g/mol. The van der Waals surface area contributed by atoms with Crippen LogP contribution < -0.4 is 5.73 Å². The average Bonchev–Trinajstić information content (AvgIpc) is 2.97. The molecule has 1 saturated heterocycles. The first kappa shape index (κ1) is 14.8. The second-order valence-electron chi connectivity index (χ2n) is 6.69. The number of carbonyl (C=O) groups is 1. The van der Waals surface area contributed by atoms with E-state index in [0.717, 1.165) is 25.9 Å². The van der Waals surface area contributed by atoms with Gasteiger partial charge in [0.1, 0.15) is 0 Å². The lowest BCUT2D eigenvalue weighted by Gasteiger charge is -2.43. The maximum absolute atomic E-state index is 12.8. The molecule has 1 heterocycles. The van der Waals surface area contributed by atoms with E-state index in [4.69, 9.17) is 5.73 Å². The van der Waals surface area contributed by atoms with Gasteiger partial charge in [-0.05, 0) is 31.1 Å². The SMILES string of the molecule is CCC1(CC)CCN(C(=O)C2(CN)CCCC2)CC1. The van der Waals surface area contributed by atoms with Crippen molar-refractivity contribution in [3.63, 3.8) is 0 Å². The molecule has 0 spiro atoms. The number of piperidine rings is 1. The van der Waals surface area contributed by atoms with Gasteiger partial charge < -0.3 is 10.6 Å². The summed E-state index contributed by atoms with van der Waals surface area (Å²) >= 11 is 0. The number of likely N-dealkylation sites (tertiary alicyclic amines) is 1. The molecule has 2 rings (SSSR count). The molecule has 0 unspecified atom stereocenters. The molecule has 0 aromatic rings. The number of hydrogen-bond donors (Lipinski definition) is 1. The Balaban J connectivity index is 1.99. The van der Waals surface area contributed by atoms with Crippen molar-refractivity contribution in [2.24, 2.45) is 16.6 Å². The van der Waals surface area contributed by atoms with E-state index in [1.54, 1.807) is 0 Å². The van der Waals surface area contributed by atoms with Crippen molar-refractivity contribution in [1.82, 2.24) is 4.90 Å². The smallest absolute Gasteiger partial charge is 0.230 e. The van der Waals surface area contributed by atoms with E-state index in [1.807, 2.05) is 0 Å². The quantitative estimate of drug-likeness (QED) is 0.850. The highest BCUT2D eigenvalue weighted by Gasteiger charge is 2.44. The number of carbonyl (C=O) groups excluding carboxylic acids is 1.